The average Bonchev–Trinajstić information content (AvgIpc) is 2.16. The van der Waals surface area contributed by atoms with Crippen molar-refractivity contribution >= 4 is 21.7 Å². The number of ketones is 1. The Morgan fingerprint density at radius 2 is 2.31 bits per heavy atom. The molecular weight excluding hydrogens is 239 g/mol. The molecule has 0 radical (unpaired) electrons. The van der Waals surface area contributed by atoms with E-state index in [0.29, 0.717) is 5.75 Å². The molecule has 0 N–H and O–H groups in total. The number of benzene rings is 1. The van der Waals surface area contributed by atoms with Crippen LogP contribution in [0, 0.1) is 5.82 Å². The number of hydrogen-bond acceptors (Lipinski definition) is 2. The number of hydrogen-bond donors (Lipinski definition) is 0. The van der Waals surface area contributed by atoms with Crippen molar-refractivity contribution in [2.45, 2.75) is 0 Å². The van der Waals surface area contributed by atoms with Crippen molar-refractivity contribution in [3.63, 3.8) is 0 Å². The molecule has 0 spiro atoms. The van der Waals surface area contributed by atoms with Gasteiger partial charge < -0.3 is 4.74 Å². The van der Waals surface area contributed by atoms with Gasteiger partial charge in [-0.15, -0.1) is 0 Å². The summed E-state index contributed by atoms with van der Waals surface area (Å²) in [6.45, 7) is 0. The summed E-state index contributed by atoms with van der Waals surface area (Å²) >= 11 is 3.01. The number of ether oxygens (including phenoxy) is 1. The van der Waals surface area contributed by atoms with Crippen LogP contribution in [0.1, 0.15) is 10.4 Å². The molecule has 1 aromatic carbocycles. The molecule has 0 atom stereocenters. The van der Waals surface area contributed by atoms with Gasteiger partial charge in [-0.1, -0.05) is 15.9 Å². The first-order valence-corrected chi connectivity index (χ1v) is 4.74. The maximum absolute atomic E-state index is 12.8. The predicted molar refractivity (Wildman–Crippen MR) is 51.1 cm³/mol. The first kappa shape index (κ1) is 10.2. The summed E-state index contributed by atoms with van der Waals surface area (Å²) in [7, 11) is 1.44. The molecule has 0 amide bonds. The van der Waals surface area contributed by atoms with E-state index in [0.717, 1.165) is 0 Å². The van der Waals surface area contributed by atoms with Crippen molar-refractivity contribution in [1.29, 1.82) is 0 Å². The summed E-state index contributed by atoms with van der Waals surface area (Å²) in [4.78, 5) is 11.3. The summed E-state index contributed by atoms with van der Waals surface area (Å²) < 4.78 is 17.7. The van der Waals surface area contributed by atoms with Gasteiger partial charge in [-0.25, -0.2) is 4.39 Å². The van der Waals surface area contributed by atoms with Gasteiger partial charge in [0.25, 0.3) is 0 Å². The third-order valence-electron chi connectivity index (χ3n) is 1.58. The minimum Gasteiger partial charge on any atom is -0.496 e. The van der Waals surface area contributed by atoms with E-state index in [1.165, 1.54) is 25.3 Å². The van der Waals surface area contributed by atoms with Crippen molar-refractivity contribution in [3.8, 4) is 5.75 Å². The van der Waals surface area contributed by atoms with E-state index in [9.17, 15) is 9.18 Å². The van der Waals surface area contributed by atoms with Gasteiger partial charge in [-0.3, -0.25) is 4.79 Å². The van der Waals surface area contributed by atoms with Crippen molar-refractivity contribution in [3.05, 3.63) is 29.6 Å². The quantitative estimate of drug-likeness (QED) is 0.605. The Balaban J connectivity index is 3.15. The molecule has 1 aromatic rings. The van der Waals surface area contributed by atoms with E-state index in [4.69, 9.17) is 4.74 Å². The van der Waals surface area contributed by atoms with Gasteiger partial charge in [0.05, 0.1) is 18.0 Å². The molecule has 13 heavy (non-hydrogen) atoms. The minimum absolute atomic E-state index is 0.160. The summed E-state index contributed by atoms with van der Waals surface area (Å²) in [5.41, 5.74) is 0.263. The minimum atomic E-state index is -0.440. The molecule has 0 fully saturated rings. The first-order valence-electron chi connectivity index (χ1n) is 3.61. The summed E-state index contributed by atoms with van der Waals surface area (Å²) in [6.07, 6.45) is 0. The average molecular weight is 247 g/mol. The molecule has 0 aliphatic carbocycles. The Hall–Kier alpha value is -0.900. The molecule has 1 rings (SSSR count). The van der Waals surface area contributed by atoms with Crippen LogP contribution in [0.2, 0.25) is 0 Å². The van der Waals surface area contributed by atoms with Crippen LogP contribution in [0.3, 0.4) is 0 Å². The van der Waals surface area contributed by atoms with Gasteiger partial charge in [0.2, 0.25) is 0 Å². The third-order valence-corrected chi connectivity index (χ3v) is 2.09. The highest BCUT2D eigenvalue weighted by Crippen LogP contribution is 2.20. The fourth-order valence-electron chi connectivity index (χ4n) is 0.970. The number of alkyl halides is 1. The lowest BCUT2D eigenvalue weighted by Gasteiger charge is -2.05. The second-order valence-electron chi connectivity index (χ2n) is 2.40. The number of carbonyl (C=O) groups excluding carboxylic acids is 1. The molecule has 0 saturated heterocycles. The van der Waals surface area contributed by atoms with E-state index in [1.54, 1.807) is 0 Å². The predicted octanol–water partition coefficient (Wildman–Crippen LogP) is 2.41. The van der Waals surface area contributed by atoms with Crippen LogP contribution >= 0.6 is 15.9 Å². The highest BCUT2D eigenvalue weighted by Gasteiger charge is 2.11. The first-order chi connectivity index (χ1) is 6.19. The van der Waals surface area contributed by atoms with E-state index in [-0.39, 0.29) is 16.7 Å². The second-order valence-corrected chi connectivity index (χ2v) is 2.96. The number of halogens is 2. The maximum atomic E-state index is 12.8. The van der Waals surface area contributed by atoms with Gasteiger partial charge in [0.1, 0.15) is 11.6 Å². The van der Waals surface area contributed by atoms with Gasteiger partial charge in [-0.2, -0.15) is 0 Å². The fourth-order valence-corrected chi connectivity index (χ4v) is 1.27. The molecule has 0 aromatic heterocycles. The smallest absolute Gasteiger partial charge is 0.177 e. The Kier molecular flexibility index (Phi) is 3.42. The Labute approximate surface area is 83.8 Å². The molecule has 0 unspecified atom stereocenters. The Morgan fingerprint density at radius 3 is 2.85 bits per heavy atom. The zero-order valence-electron chi connectivity index (χ0n) is 7.01. The van der Waals surface area contributed by atoms with E-state index < -0.39 is 5.82 Å². The van der Waals surface area contributed by atoms with Crippen LogP contribution in [0.4, 0.5) is 4.39 Å². The maximum Gasteiger partial charge on any atom is 0.177 e. The molecule has 4 heteroatoms. The highest BCUT2D eigenvalue weighted by molar-refractivity contribution is 9.09. The zero-order chi connectivity index (χ0) is 9.84. The molecule has 0 aliphatic rings. The summed E-state index contributed by atoms with van der Waals surface area (Å²) in [5, 5.41) is 0.160. The molecule has 0 aliphatic heterocycles. The highest BCUT2D eigenvalue weighted by atomic mass is 79.9. The summed E-state index contributed by atoms with van der Waals surface area (Å²) in [6, 6.07) is 3.86. The van der Waals surface area contributed by atoms with Crippen molar-refractivity contribution in [1.82, 2.24) is 0 Å². The van der Waals surface area contributed by atoms with Crippen LogP contribution in [0.25, 0.3) is 0 Å². The normalized spacial score (nSPS) is 9.77. The Morgan fingerprint density at radius 1 is 1.62 bits per heavy atom. The number of rotatable bonds is 3. The lowest BCUT2D eigenvalue weighted by molar-refractivity contribution is 0.102. The molecular formula is C9H8BrFO2. The van der Waals surface area contributed by atoms with Crippen molar-refractivity contribution < 1.29 is 13.9 Å². The fraction of sp³-hybridized carbons (Fsp3) is 0.222. The summed E-state index contributed by atoms with van der Waals surface area (Å²) in [5.74, 6) is -0.243. The molecule has 70 valence electrons. The molecule has 0 saturated carbocycles. The van der Waals surface area contributed by atoms with Crippen molar-refractivity contribution in [2.75, 3.05) is 12.4 Å². The van der Waals surface area contributed by atoms with Crippen molar-refractivity contribution in [2.24, 2.45) is 0 Å². The van der Waals surface area contributed by atoms with Crippen LogP contribution in [-0.4, -0.2) is 18.2 Å². The van der Waals surface area contributed by atoms with Crippen LogP contribution in [0.15, 0.2) is 18.2 Å². The zero-order valence-corrected chi connectivity index (χ0v) is 8.60. The van der Waals surface area contributed by atoms with Gasteiger partial charge >= 0.3 is 0 Å². The second kappa shape index (κ2) is 4.37. The standard InChI is InChI=1S/C9H8BrFO2/c1-13-9-3-2-6(11)4-7(9)8(12)5-10/h2-4H,5H2,1H3. The van der Waals surface area contributed by atoms with Gasteiger partial charge in [0.15, 0.2) is 5.78 Å². The lowest BCUT2D eigenvalue weighted by atomic mass is 10.1. The molecule has 0 bridgehead atoms. The topological polar surface area (TPSA) is 26.3 Å². The Bertz CT molecular complexity index is 325. The molecule has 2 nitrogen and oxygen atoms in total. The largest absolute Gasteiger partial charge is 0.496 e. The number of methoxy groups -OCH3 is 1. The SMILES string of the molecule is COc1ccc(F)cc1C(=O)CBr. The van der Waals surface area contributed by atoms with Crippen LogP contribution in [-0.2, 0) is 0 Å². The van der Waals surface area contributed by atoms with E-state index in [1.807, 2.05) is 0 Å². The number of carbonyl (C=O) groups is 1. The van der Waals surface area contributed by atoms with Gasteiger partial charge in [-0.05, 0) is 18.2 Å². The number of Topliss-reactive ketones (excluding diaryl/α,β-unsaturated/α-hetero) is 1. The van der Waals surface area contributed by atoms with E-state index in [2.05, 4.69) is 15.9 Å². The van der Waals surface area contributed by atoms with E-state index >= 15 is 0 Å². The monoisotopic (exact) mass is 246 g/mol. The molecule has 0 heterocycles. The van der Waals surface area contributed by atoms with Gasteiger partial charge in [0, 0.05) is 0 Å². The van der Waals surface area contributed by atoms with Crippen LogP contribution < -0.4 is 4.74 Å². The third kappa shape index (κ3) is 2.28. The van der Waals surface area contributed by atoms with Crippen LogP contribution in [0.5, 0.6) is 5.75 Å². The lowest BCUT2D eigenvalue weighted by Crippen LogP contribution is -2.03.